The Bertz CT molecular complexity index is 647. The third-order valence-corrected chi connectivity index (χ3v) is 9.10. The first-order chi connectivity index (χ1) is 9.67. The first kappa shape index (κ1) is 16.3. The number of pyridine rings is 1. The molecule has 2 rings (SSSR count). The fraction of sp³-hybridized carbons (Fsp3) is 0.533. The van der Waals surface area contributed by atoms with Crippen molar-refractivity contribution in [2.24, 2.45) is 0 Å². The summed E-state index contributed by atoms with van der Waals surface area (Å²) in [5, 5.41) is 0.749. The van der Waals surface area contributed by atoms with Crippen LogP contribution in [-0.4, -0.2) is 24.8 Å². The van der Waals surface area contributed by atoms with Gasteiger partial charge in [0.25, 0.3) is 0 Å². The summed E-state index contributed by atoms with van der Waals surface area (Å²) in [6.45, 7) is 11.5. The Morgan fingerprint density at radius 1 is 1.33 bits per heavy atom. The van der Waals surface area contributed by atoms with Crippen LogP contribution < -0.4 is 4.74 Å². The molecule has 0 amide bonds. The highest BCUT2D eigenvalue weighted by atomic mass is 35.5. The van der Waals surface area contributed by atoms with Gasteiger partial charge < -0.3 is 9.16 Å². The van der Waals surface area contributed by atoms with Crippen molar-refractivity contribution in [1.82, 2.24) is 9.38 Å². The predicted molar refractivity (Wildman–Crippen MR) is 88.7 cm³/mol. The topological polar surface area (TPSA) is 35.8 Å². The molecule has 0 aliphatic rings. The van der Waals surface area contributed by atoms with Crippen molar-refractivity contribution in [3.8, 4) is 5.75 Å². The molecule has 0 N–H and O–H groups in total. The summed E-state index contributed by atoms with van der Waals surface area (Å²) in [6, 6.07) is 3.76. The monoisotopic (exact) mass is 326 g/mol. The second-order valence-corrected chi connectivity index (χ2v) is 11.8. The van der Waals surface area contributed by atoms with Crippen molar-refractivity contribution >= 4 is 25.6 Å². The molecule has 0 spiro atoms. The number of fused-ring (bicyclic) bond motifs is 1. The molecule has 0 aliphatic carbocycles. The van der Waals surface area contributed by atoms with Gasteiger partial charge >= 0.3 is 0 Å². The van der Waals surface area contributed by atoms with Gasteiger partial charge in [0.15, 0.2) is 19.7 Å². The van der Waals surface area contributed by atoms with Gasteiger partial charge in [-0.1, -0.05) is 32.4 Å². The van der Waals surface area contributed by atoms with Gasteiger partial charge in [0.1, 0.15) is 10.8 Å². The summed E-state index contributed by atoms with van der Waals surface area (Å²) >= 11 is 6.41. The number of hydrogen-bond acceptors (Lipinski definition) is 3. The Kier molecular flexibility index (Phi) is 4.38. The molecular formula is C15H23ClN2O2Si. The molecule has 21 heavy (non-hydrogen) atoms. The Labute approximate surface area is 132 Å². The van der Waals surface area contributed by atoms with Gasteiger partial charge in [0.2, 0.25) is 0 Å². The van der Waals surface area contributed by atoms with E-state index in [9.17, 15) is 0 Å². The molecule has 116 valence electrons. The first-order valence-electron chi connectivity index (χ1n) is 7.01. The van der Waals surface area contributed by atoms with Crippen LogP contribution in [0.4, 0.5) is 0 Å². The number of imidazole rings is 1. The van der Waals surface area contributed by atoms with Crippen molar-refractivity contribution in [3.63, 3.8) is 0 Å². The summed E-state index contributed by atoms with van der Waals surface area (Å²) in [7, 11) is -0.192. The van der Waals surface area contributed by atoms with Crippen LogP contribution in [0.15, 0.2) is 18.3 Å². The molecular weight excluding hydrogens is 304 g/mol. The van der Waals surface area contributed by atoms with Crippen LogP contribution >= 0.6 is 11.6 Å². The van der Waals surface area contributed by atoms with Crippen LogP contribution in [0.2, 0.25) is 23.3 Å². The number of aromatic nitrogens is 2. The lowest BCUT2D eigenvalue weighted by Crippen LogP contribution is -2.40. The molecule has 0 atom stereocenters. The first-order valence-corrected chi connectivity index (χ1v) is 10.3. The van der Waals surface area contributed by atoms with Crippen LogP contribution in [0.1, 0.15) is 26.5 Å². The molecule has 0 aromatic carbocycles. The fourth-order valence-electron chi connectivity index (χ4n) is 1.78. The highest BCUT2D eigenvalue weighted by Gasteiger charge is 2.37. The van der Waals surface area contributed by atoms with E-state index in [4.69, 9.17) is 20.8 Å². The van der Waals surface area contributed by atoms with Gasteiger partial charge in [-0.05, 0) is 30.3 Å². The zero-order valence-corrected chi connectivity index (χ0v) is 15.3. The lowest BCUT2D eigenvalue weighted by atomic mass is 10.2. The standard InChI is InChI=1S/C15H23ClN2O2Si/c1-15(2,3)21(5,6)20-10-11-13(16)18-9-7-8-12(19-4)14(18)17-11/h7-9H,10H2,1-6H3. The van der Waals surface area contributed by atoms with Gasteiger partial charge in [-0.15, -0.1) is 0 Å². The largest absolute Gasteiger partial charge is 0.493 e. The van der Waals surface area contributed by atoms with E-state index in [-0.39, 0.29) is 5.04 Å². The Balaban J connectivity index is 2.30. The van der Waals surface area contributed by atoms with E-state index in [0.717, 1.165) is 11.3 Å². The van der Waals surface area contributed by atoms with Gasteiger partial charge in [0, 0.05) is 6.20 Å². The molecule has 0 saturated carbocycles. The lowest BCUT2D eigenvalue weighted by molar-refractivity contribution is 0.273. The minimum atomic E-state index is -1.82. The van der Waals surface area contributed by atoms with Crippen LogP contribution in [0.3, 0.4) is 0 Å². The summed E-state index contributed by atoms with van der Waals surface area (Å²) in [5.41, 5.74) is 1.48. The molecule has 0 radical (unpaired) electrons. The average Bonchev–Trinajstić information content (AvgIpc) is 2.72. The quantitative estimate of drug-likeness (QED) is 0.775. The van der Waals surface area contributed by atoms with E-state index in [1.54, 1.807) is 7.11 Å². The molecule has 0 bridgehead atoms. The fourth-order valence-corrected chi connectivity index (χ4v) is 2.94. The van der Waals surface area contributed by atoms with Crippen molar-refractivity contribution in [1.29, 1.82) is 0 Å². The number of hydrogen-bond donors (Lipinski definition) is 0. The normalized spacial score (nSPS) is 12.9. The van der Waals surface area contributed by atoms with E-state index in [2.05, 4.69) is 38.8 Å². The van der Waals surface area contributed by atoms with Crippen molar-refractivity contribution in [2.75, 3.05) is 7.11 Å². The van der Waals surface area contributed by atoms with Gasteiger partial charge in [0.05, 0.1) is 13.7 Å². The van der Waals surface area contributed by atoms with E-state index in [1.165, 1.54) is 0 Å². The zero-order valence-electron chi connectivity index (χ0n) is 13.5. The molecule has 2 aromatic heterocycles. The third kappa shape index (κ3) is 3.10. The van der Waals surface area contributed by atoms with E-state index in [1.807, 2.05) is 22.7 Å². The van der Waals surface area contributed by atoms with Crippen molar-refractivity contribution in [2.45, 2.75) is 45.5 Å². The van der Waals surface area contributed by atoms with Crippen LogP contribution in [0.25, 0.3) is 5.65 Å². The average molecular weight is 327 g/mol. The molecule has 4 nitrogen and oxygen atoms in total. The Morgan fingerprint density at radius 2 is 2.00 bits per heavy atom. The van der Waals surface area contributed by atoms with E-state index in [0.29, 0.717) is 17.5 Å². The maximum Gasteiger partial charge on any atom is 0.192 e. The number of rotatable bonds is 4. The second kappa shape index (κ2) is 5.63. The van der Waals surface area contributed by atoms with E-state index >= 15 is 0 Å². The predicted octanol–water partition coefficient (Wildman–Crippen LogP) is 4.52. The highest BCUT2D eigenvalue weighted by molar-refractivity contribution is 6.74. The molecule has 0 fully saturated rings. The van der Waals surface area contributed by atoms with Gasteiger partial charge in [-0.2, -0.15) is 0 Å². The summed E-state index contributed by atoms with van der Waals surface area (Å²) in [4.78, 5) is 4.57. The smallest absolute Gasteiger partial charge is 0.192 e. The molecule has 2 heterocycles. The molecule has 0 unspecified atom stereocenters. The number of nitrogens with zero attached hydrogens (tertiary/aromatic N) is 2. The minimum absolute atomic E-state index is 0.163. The summed E-state index contributed by atoms with van der Waals surface area (Å²) < 4.78 is 13.3. The number of ether oxygens (including phenoxy) is 1. The highest BCUT2D eigenvalue weighted by Crippen LogP contribution is 2.37. The molecule has 2 aromatic rings. The van der Waals surface area contributed by atoms with E-state index < -0.39 is 8.32 Å². The van der Waals surface area contributed by atoms with Gasteiger partial charge in [-0.3, -0.25) is 4.40 Å². The summed E-state index contributed by atoms with van der Waals surface area (Å²) in [5.74, 6) is 0.706. The number of halogens is 1. The molecule has 6 heteroatoms. The van der Waals surface area contributed by atoms with Crippen molar-refractivity contribution in [3.05, 3.63) is 29.2 Å². The minimum Gasteiger partial charge on any atom is -0.493 e. The van der Waals surface area contributed by atoms with Crippen molar-refractivity contribution < 1.29 is 9.16 Å². The lowest BCUT2D eigenvalue weighted by Gasteiger charge is -2.35. The maximum atomic E-state index is 6.41. The van der Waals surface area contributed by atoms with Crippen LogP contribution in [-0.2, 0) is 11.0 Å². The maximum absolute atomic E-state index is 6.41. The second-order valence-electron chi connectivity index (χ2n) is 6.67. The molecule has 0 saturated heterocycles. The van der Waals surface area contributed by atoms with Crippen LogP contribution in [0, 0.1) is 0 Å². The Morgan fingerprint density at radius 3 is 2.57 bits per heavy atom. The Hall–Kier alpha value is -1.04. The zero-order chi connectivity index (χ0) is 15.8. The summed E-state index contributed by atoms with van der Waals surface area (Å²) in [6.07, 6.45) is 1.88. The van der Waals surface area contributed by atoms with Crippen LogP contribution in [0.5, 0.6) is 5.75 Å². The third-order valence-electron chi connectivity index (χ3n) is 4.22. The van der Waals surface area contributed by atoms with Gasteiger partial charge in [-0.25, -0.2) is 4.98 Å². The number of methoxy groups -OCH3 is 1. The SMILES string of the molecule is COc1cccn2c(Cl)c(CO[Si](C)(C)C(C)(C)C)nc12. The molecule has 0 aliphatic heterocycles.